The van der Waals surface area contributed by atoms with Gasteiger partial charge in [-0.15, -0.1) is 13.2 Å². The second-order valence-corrected chi connectivity index (χ2v) is 11.2. The van der Waals surface area contributed by atoms with E-state index in [9.17, 15) is 19.5 Å². The Hall–Kier alpha value is -2.97. The molecule has 4 rings (SSSR count). The second kappa shape index (κ2) is 11.6. The summed E-state index contributed by atoms with van der Waals surface area (Å²) in [5.74, 6) is -2.94. The molecule has 3 aliphatic heterocycles. The number of ether oxygens (including phenoxy) is 2. The third-order valence-electron chi connectivity index (χ3n) is 8.94. The zero-order valence-corrected chi connectivity index (χ0v) is 23.4. The van der Waals surface area contributed by atoms with Gasteiger partial charge in [-0.3, -0.25) is 14.4 Å². The van der Waals surface area contributed by atoms with E-state index in [0.717, 1.165) is 12.8 Å². The van der Waals surface area contributed by atoms with Crippen molar-refractivity contribution in [3.63, 3.8) is 0 Å². The molecule has 7 atom stereocenters. The predicted molar refractivity (Wildman–Crippen MR) is 147 cm³/mol. The van der Waals surface area contributed by atoms with E-state index < -0.39 is 41.1 Å². The van der Waals surface area contributed by atoms with Crippen LogP contribution in [-0.2, 0) is 23.9 Å². The minimum Gasteiger partial charge on any atom is -0.465 e. The van der Waals surface area contributed by atoms with Crippen molar-refractivity contribution in [2.75, 3.05) is 26.3 Å². The van der Waals surface area contributed by atoms with Crippen LogP contribution in [0.15, 0.2) is 55.6 Å². The third-order valence-corrected chi connectivity index (χ3v) is 8.94. The molecule has 39 heavy (non-hydrogen) atoms. The highest BCUT2D eigenvalue weighted by atomic mass is 16.6. The summed E-state index contributed by atoms with van der Waals surface area (Å²) in [4.78, 5) is 45.7. The van der Waals surface area contributed by atoms with Crippen molar-refractivity contribution in [3.8, 4) is 0 Å². The van der Waals surface area contributed by atoms with Gasteiger partial charge in [0, 0.05) is 13.1 Å². The van der Waals surface area contributed by atoms with E-state index in [4.69, 9.17) is 9.47 Å². The molecule has 8 heteroatoms. The normalized spacial score (nSPS) is 31.6. The van der Waals surface area contributed by atoms with Gasteiger partial charge >= 0.3 is 5.97 Å². The van der Waals surface area contributed by atoms with Crippen LogP contribution in [0.3, 0.4) is 0 Å². The van der Waals surface area contributed by atoms with Crippen molar-refractivity contribution < 1.29 is 29.0 Å². The SMILES string of the molecule is C=CCCOC(=O)[C@@H]1[C@H]2C(=O)N([C@H](CO)c3ccccc3)C(C(=O)N(CC=C)CCCC)C23CC(C)[C@@]1(C)O3. The first kappa shape index (κ1) is 29.0. The molecule has 2 bridgehead atoms. The lowest BCUT2D eigenvalue weighted by Gasteiger charge is -2.39. The van der Waals surface area contributed by atoms with Crippen LogP contribution >= 0.6 is 0 Å². The largest absolute Gasteiger partial charge is 0.465 e. The Balaban J connectivity index is 1.84. The van der Waals surface area contributed by atoms with Gasteiger partial charge in [-0.2, -0.15) is 0 Å². The molecule has 212 valence electrons. The number of nitrogens with zero attached hydrogens (tertiary/aromatic N) is 2. The van der Waals surface area contributed by atoms with Crippen LogP contribution < -0.4 is 0 Å². The van der Waals surface area contributed by atoms with Crippen LogP contribution in [0.25, 0.3) is 0 Å². The Morgan fingerprint density at radius 2 is 2.00 bits per heavy atom. The minimum absolute atomic E-state index is 0.0958. The molecule has 0 aromatic heterocycles. The number of benzene rings is 1. The highest BCUT2D eigenvalue weighted by Gasteiger charge is 2.80. The summed E-state index contributed by atoms with van der Waals surface area (Å²) < 4.78 is 12.4. The van der Waals surface area contributed by atoms with Gasteiger partial charge in [0.25, 0.3) is 0 Å². The lowest BCUT2D eigenvalue weighted by molar-refractivity contribution is -0.163. The van der Waals surface area contributed by atoms with Crippen LogP contribution in [-0.4, -0.2) is 76.2 Å². The first-order valence-corrected chi connectivity index (χ1v) is 14.1. The van der Waals surface area contributed by atoms with Gasteiger partial charge in [-0.1, -0.05) is 62.8 Å². The van der Waals surface area contributed by atoms with Crippen LogP contribution in [0.4, 0.5) is 0 Å². The molecule has 8 nitrogen and oxygen atoms in total. The maximum atomic E-state index is 14.5. The summed E-state index contributed by atoms with van der Waals surface area (Å²) in [7, 11) is 0. The molecule has 3 aliphatic rings. The predicted octanol–water partition coefficient (Wildman–Crippen LogP) is 3.66. The summed E-state index contributed by atoms with van der Waals surface area (Å²) in [6.45, 7) is 14.1. The van der Waals surface area contributed by atoms with E-state index in [1.807, 2.05) is 44.2 Å². The minimum atomic E-state index is -1.21. The molecule has 1 spiro atoms. The van der Waals surface area contributed by atoms with Gasteiger partial charge < -0.3 is 24.4 Å². The van der Waals surface area contributed by atoms with E-state index in [1.165, 1.54) is 4.90 Å². The summed E-state index contributed by atoms with van der Waals surface area (Å²) in [5, 5.41) is 10.6. The van der Waals surface area contributed by atoms with Crippen molar-refractivity contribution in [1.29, 1.82) is 0 Å². The zero-order valence-electron chi connectivity index (χ0n) is 23.4. The molecule has 0 aliphatic carbocycles. The van der Waals surface area contributed by atoms with Crippen molar-refractivity contribution in [1.82, 2.24) is 9.80 Å². The first-order chi connectivity index (χ1) is 18.7. The smallest absolute Gasteiger partial charge is 0.312 e. The number of hydrogen-bond acceptors (Lipinski definition) is 6. The maximum absolute atomic E-state index is 14.5. The van der Waals surface area contributed by atoms with Crippen LogP contribution in [0.5, 0.6) is 0 Å². The van der Waals surface area contributed by atoms with Gasteiger partial charge in [0.1, 0.15) is 17.6 Å². The molecule has 2 amide bonds. The lowest BCUT2D eigenvalue weighted by atomic mass is 9.62. The summed E-state index contributed by atoms with van der Waals surface area (Å²) in [6, 6.07) is 7.44. The Morgan fingerprint density at radius 1 is 1.28 bits per heavy atom. The fraction of sp³-hybridized carbons (Fsp3) is 0.581. The van der Waals surface area contributed by atoms with Crippen LogP contribution in [0, 0.1) is 17.8 Å². The number of rotatable bonds is 13. The van der Waals surface area contributed by atoms with Gasteiger partial charge in [-0.25, -0.2) is 0 Å². The van der Waals surface area contributed by atoms with Crippen molar-refractivity contribution in [3.05, 3.63) is 61.2 Å². The number of aliphatic hydroxyl groups excluding tert-OH is 1. The topological polar surface area (TPSA) is 96.4 Å². The monoisotopic (exact) mass is 538 g/mol. The number of carbonyl (C=O) groups is 3. The molecule has 3 heterocycles. The molecule has 1 N–H and O–H groups in total. The average molecular weight is 539 g/mol. The molecule has 0 saturated carbocycles. The highest BCUT2D eigenvalue weighted by molar-refractivity contribution is 5.99. The van der Waals surface area contributed by atoms with Gasteiger partial charge in [-0.05, 0) is 37.7 Å². The van der Waals surface area contributed by atoms with Crippen LogP contribution in [0.2, 0.25) is 0 Å². The standard InChI is InChI=1S/C31H42N2O6/c1-6-9-17-32(16-8-3)28(36)26-31-19-21(4)30(5,39-31)25(29(37)38-18-10-7-2)24(31)27(35)33(26)23(20-34)22-14-12-11-13-15-22/h7-8,11-15,21,23-26,34H,2-3,6,9-10,16-20H2,1,4-5H3/t21?,23-,24+,25+,26?,30-,31?/m1/s1. The fourth-order valence-corrected chi connectivity index (χ4v) is 6.98. The Kier molecular flexibility index (Phi) is 8.66. The molecule has 3 unspecified atom stereocenters. The Morgan fingerprint density at radius 3 is 2.62 bits per heavy atom. The summed E-state index contributed by atoms with van der Waals surface area (Å²) in [5.41, 5.74) is -1.45. The van der Waals surface area contributed by atoms with E-state index in [-0.39, 0.29) is 30.9 Å². The lowest BCUT2D eigenvalue weighted by Crippen LogP contribution is -2.57. The molecular weight excluding hydrogens is 496 g/mol. The van der Waals surface area contributed by atoms with Gasteiger partial charge in [0.05, 0.1) is 30.8 Å². The van der Waals surface area contributed by atoms with Crippen molar-refractivity contribution in [2.24, 2.45) is 17.8 Å². The average Bonchev–Trinajstić information content (AvgIpc) is 3.44. The highest BCUT2D eigenvalue weighted by Crippen LogP contribution is 2.66. The van der Waals surface area contributed by atoms with Gasteiger partial charge in [0.2, 0.25) is 11.8 Å². The third kappa shape index (κ3) is 4.72. The Bertz CT molecular complexity index is 1090. The maximum Gasteiger partial charge on any atom is 0.312 e. The Labute approximate surface area is 231 Å². The van der Waals surface area contributed by atoms with Gasteiger partial charge in [0.15, 0.2) is 0 Å². The quantitative estimate of drug-likeness (QED) is 0.234. The molecule has 3 fully saturated rings. The molecular formula is C31H42N2O6. The molecule has 1 aromatic carbocycles. The number of likely N-dealkylation sites (tertiary alicyclic amines) is 1. The summed E-state index contributed by atoms with van der Waals surface area (Å²) >= 11 is 0. The molecule has 1 aromatic rings. The van der Waals surface area contributed by atoms with E-state index in [1.54, 1.807) is 17.1 Å². The zero-order chi connectivity index (χ0) is 28.4. The number of amides is 2. The number of unbranched alkanes of at least 4 members (excludes halogenated alkanes) is 1. The van der Waals surface area contributed by atoms with Crippen LogP contribution in [0.1, 0.15) is 58.1 Å². The molecule has 3 saturated heterocycles. The van der Waals surface area contributed by atoms with E-state index in [2.05, 4.69) is 20.1 Å². The van der Waals surface area contributed by atoms with E-state index in [0.29, 0.717) is 31.5 Å². The molecule has 0 radical (unpaired) electrons. The number of esters is 1. The summed E-state index contributed by atoms with van der Waals surface area (Å²) in [6.07, 6.45) is 6.00. The number of fused-ring (bicyclic) bond motifs is 1. The fourth-order valence-electron chi connectivity index (χ4n) is 6.98. The first-order valence-electron chi connectivity index (χ1n) is 14.1. The van der Waals surface area contributed by atoms with E-state index >= 15 is 0 Å². The van der Waals surface area contributed by atoms with Crippen molar-refractivity contribution >= 4 is 17.8 Å². The number of carbonyl (C=O) groups excluding carboxylic acids is 3. The van der Waals surface area contributed by atoms with Crippen molar-refractivity contribution in [2.45, 2.75) is 69.7 Å². The second-order valence-electron chi connectivity index (χ2n) is 11.2. The number of aliphatic hydroxyl groups is 1. The number of hydrogen-bond donors (Lipinski definition) is 1.